The number of carbonyl (C=O) groups excluding carboxylic acids is 2. The molecular weight excluding hydrogens is 508 g/mol. The van der Waals surface area contributed by atoms with Crippen molar-refractivity contribution in [3.05, 3.63) is 35.3 Å². The number of Topliss-reactive ketones (excluding diaryl/α,β-unsaturated/α-hetero) is 2. The predicted octanol–water partition coefficient (Wildman–Crippen LogP) is 3.79. The van der Waals surface area contributed by atoms with Crippen molar-refractivity contribution in [2.75, 3.05) is 33.4 Å². The summed E-state index contributed by atoms with van der Waals surface area (Å²) in [4.78, 5) is 36.8. The molecule has 0 unspecified atom stereocenters. The fourth-order valence-electron chi connectivity index (χ4n) is 6.94. The summed E-state index contributed by atoms with van der Waals surface area (Å²) in [6, 6.07) is 0. The first-order valence-corrected chi connectivity index (χ1v) is 14.9. The van der Waals surface area contributed by atoms with E-state index in [1.54, 1.807) is 0 Å². The molecule has 9 nitrogen and oxygen atoms in total. The van der Waals surface area contributed by atoms with E-state index in [-0.39, 0.29) is 35.1 Å². The van der Waals surface area contributed by atoms with Crippen molar-refractivity contribution in [2.45, 2.75) is 89.3 Å². The Hall–Kier alpha value is -2.62. The molecule has 1 saturated heterocycles. The zero-order valence-corrected chi connectivity index (χ0v) is 24.1. The van der Waals surface area contributed by atoms with Gasteiger partial charge in [0.05, 0.1) is 47.6 Å². The average Bonchev–Trinajstić information content (AvgIpc) is 3.43. The molecule has 9 heteroatoms. The lowest BCUT2D eigenvalue weighted by Gasteiger charge is -2.38. The lowest BCUT2D eigenvalue weighted by atomic mass is 9.62. The van der Waals surface area contributed by atoms with Crippen LogP contribution in [0.25, 0.3) is 5.70 Å². The number of aromatic nitrogens is 2. The number of nitrogens with two attached hydrogens (primary N) is 1. The van der Waals surface area contributed by atoms with Crippen LogP contribution in [0.1, 0.15) is 88.2 Å². The Balaban J connectivity index is 1.56. The monoisotopic (exact) mass is 552 g/mol. The zero-order chi connectivity index (χ0) is 28.3. The van der Waals surface area contributed by atoms with E-state index in [0.717, 1.165) is 56.3 Å². The van der Waals surface area contributed by atoms with Crippen LogP contribution in [0.3, 0.4) is 0 Å². The smallest absolute Gasteiger partial charge is 0.223 e. The molecule has 0 aromatic carbocycles. The number of rotatable bonds is 9. The molecule has 2 spiro atoms. The van der Waals surface area contributed by atoms with Gasteiger partial charge in [-0.15, -0.1) is 0 Å². The molecular formula is C31H44N4O5. The first-order chi connectivity index (χ1) is 19.3. The highest BCUT2D eigenvalue weighted by Gasteiger charge is 2.50. The van der Waals surface area contributed by atoms with Crippen molar-refractivity contribution in [1.29, 1.82) is 0 Å². The Morgan fingerprint density at radius 1 is 1.15 bits per heavy atom. The van der Waals surface area contributed by atoms with Gasteiger partial charge in [0.2, 0.25) is 5.88 Å². The van der Waals surface area contributed by atoms with E-state index >= 15 is 0 Å². The number of hydrogen-bond donors (Lipinski definition) is 2. The molecule has 40 heavy (non-hydrogen) atoms. The molecule has 1 aromatic rings. The van der Waals surface area contributed by atoms with Gasteiger partial charge < -0.3 is 25.3 Å². The summed E-state index contributed by atoms with van der Waals surface area (Å²) >= 11 is 0. The maximum Gasteiger partial charge on any atom is 0.223 e. The molecule has 3 heterocycles. The van der Waals surface area contributed by atoms with Gasteiger partial charge in [-0.2, -0.15) is 4.98 Å². The molecule has 218 valence electrons. The molecule has 3 fully saturated rings. The summed E-state index contributed by atoms with van der Waals surface area (Å²) < 4.78 is 18.4. The van der Waals surface area contributed by atoms with Crippen LogP contribution in [0.5, 0.6) is 5.88 Å². The summed E-state index contributed by atoms with van der Waals surface area (Å²) in [5.74, 6) is 0.849. The molecule has 3 N–H and O–H groups in total. The highest BCUT2D eigenvalue weighted by atomic mass is 16.5. The molecule has 0 bridgehead atoms. The first-order valence-electron chi connectivity index (χ1n) is 14.9. The fourth-order valence-corrected chi connectivity index (χ4v) is 6.94. The number of nitrogens with one attached hydrogen (secondary N) is 1. The molecule has 4 atom stereocenters. The molecule has 0 radical (unpaired) electrons. The maximum atomic E-state index is 13.9. The largest absolute Gasteiger partial charge is 0.469 e. The lowest BCUT2D eigenvalue weighted by Crippen LogP contribution is -2.45. The van der Waals surface area contributed by atoms with Gasteiger partial charge in [-0.3, -0.25) is 9.59 Å². The average molecular weight is 553 g/mol. The fraction of sp³-hybridized carbons (Fsp3) is 0.677. The first kappa shape index (κ1) is 28.9. The normalized spacial score (nSPS) is 29.4. The van der Waals surface area contributed by atoms with Crippen LogP contribution in [0, 0.1) is 11.3 Å². The summed E-state index contributed by atoms with van der Waals surface area (Å²) in [5.41, 5.74) is 7.80. The third-order valence-electron chi connectivity index (χ3n) is 9.42. The van der Waals surface area contributed by atoms with E-state index in [1.807, 2.05) is 13.1 Å². The van der Waals surface area contributed by atoms with Crippen LogP contribution >= 0.6 is 0 Å². The minimum Gasteiger partial charge on any atom is -0.469 e. The van der Waals surface area contributed by atoms with Crippen molar-refractivity contribution in [3.8, 4) is 5.88 Å². The Morgan fingerprint density at radius 3 is 2.67 bits per heavy atom. The van der Waals surface area contributed by atoms with Gasteiger partial charge in [-0.05, 0) is 70.9 Å². The van der Waals surface area contributed by atoms with Gasteiger partial charge in [0, 0.05) is 18.6 Å². The van der Waals surface area contributed by atoms with Crippen molar-refractivity contribution in [2.24, 2.45) is 17.1 Å². The molecule has 0 amide bonds. The zero-order valence-electron chi connectivity index (χ0n) is 24.1. The van der Waals surface area contributed by atoms with Crippen molar-refractivity contribution in [1.82, 2.24) is 15.3 Å². The summed E-state index contributed by atoms with van der Waals surface area (Å²) in [6.07, 6.45) is 8.97. The second kappa shape index (κ2) is 12.1. The van der Waals surface area contributed by atoms with Crippen molar-refractivity contribution in [3.63, 3.8) is 0 Å². The number of fused-ring (bicyclic) bond motifs is 2. The topological polar surface area (TPSA) is 126 Å². The molecule has 2 aliphatic carbocycles. The van der Waals surface area contributed by atoms with Gasteiger partial charge in [-0.25, -0.2) is 4.98 Å². The number of carbonyl (C=O) groups is 2. The number of ether oxygens (including phenoxy) is 3. The Morgan fingerprint density at radius 2 is 1.95 bits per heavy atom. The number of nitrogens with zero attached hydrogens (tertiary/aromatic N) is 2. The Labute approximate surface area is 237 Å². The molecule has 5 rings (SSSR count). The van der Waals surface area contributed by atoms with Crippen LogP contribution in [-0.4, -0.2) is 61.1 Å². The lowest BCUT2D eigenvalue weighted by molar-refractivity contribution is -0.143. The summed E-state index contributed by atoms with van der Waals surface area (Å²) in [7, 11) is 1.95. The second-order valence-electron chi connectivity index (χ2n) is 12.1. The second-order valence-corrected chi connectivity index (χ2v) is 12.1. The molecule has 2 aliphatic heterocycles. The van der Waals surface area contributed by atoms with E-state index in [2.05, 4.69) is 18.8 Å². The standard InChI is InChI=1S/C31H44N4O5/c1-4-23(20(2)9-8-15-33-3)40-29-22-17-39-19-30(14-16-38-18-30)26(22)34-28(35-29)25(32)21-10-7-13-31(27(21)37)12-6-5-11-24(31)36/h4,20,23,33H,1,5-19,32H2,2-3H3/b25-21-/t20-,23-,30+,31+/m0/s1. The van der Waals surface area contributed by atoms with Crippen LogP contribution in [0.15, 0.2) is 18.2 Å². The van der Waals surface area contributed by atoms with Crippen LogP contribution in [0.4, 0.5) is 0 Å². The van der Waals surface area contributed by atoms with E-state index in [4.69, 9.17) is 29.9 Å². The molecule has 2 saturated carbocycles. The Bertz CT molecular complexity index is 1170. The van der Waals surface area contributed by atoms with Crippen molar-refractivity contribution < 1.29 is 23.8 Å². The van der Waals surface area contributed by atoms with Gasteiger partial charge in [0.1, 0.15) is 11.9 Å². The van der Waals surface area contributed by atoms with Gasteiger partial charge in [0.15, 0.2) is 11.6 Å². The number of hydrogen-bond acceptors (Lipinski definition) is 9. The third-order valence-corrected chi connectivity index (χ3v) is 9.42. The van der Waals surface area contributed by atoms with Gasteiger partial charge in [-0.1, -0.05) is 26.0 Å². The minimum absolute atomic E-state index is 0.0597. The third kappa shape index (κ3) is 5.23. The van der Waals surface area contributed by atoms with Crippen LogP contribution in [-0.2, 0) is 31.1 Å². The minimum atomic E-state index is -0.935. The van der Waals surface area contributed by atoms with Gasteiger partial charge in [0.25, 0.3) is 0 Å². The quantitative estimate of drug-likeness (QED) is 0.204. The number of allylic oxidation sites excluding steroid dienone is 1. The SMILES string of the molecule is C=C[C@H](Oc1nc(/C(N)=C2\CCC[C@@]3(CCCCC3=O)C2=O)nc2c1COC[C@]21CCOC1)[C@@H](C)CCCNC. The molecule has 1 aromatic heterocycles. The maximum absolute atomic E-state index is 13.9. The van der Waals surface area contributed by atoms with E-state index in [9.17, 15) is 9.59 Å². The predicted molar refractivity (Wildman–Crippen MR) is 152 cm³/mol. The van der Waals surface area contributed by atoms with E-state index < -0.39 is 10.8 Å². The Kier molecular flexibility index (Phi) is 8.73. The number of ketones is 2. The van der Waals surface area contributed by atoms with Crippen LogP contribution in [0.2, 0.25) is 0 Å². The summed E-state index contributed by atoms with van der Waals surface area (Å²) in [6.45, 7) is 9.06. The highest BCUT2D eigenvalue weighted by Crippen LogP contribution is 2.46. The van der Waals surface area contributed by atoms with E-state index in [0.29, 0.717) is 63.6 Å². The van der Waals surface area contributed by atoms with Crippen molar-refractivity contribution >= 4 is 17.3 Å². The molecule has 4 aliphatic rings. The van der Waals surface area contributed by atoms with E-state index in [1.165, 1.54) is 0 Å². The highest BCUT2D eigenvalue weighted by molar-refractivity contribution is 6.17. The summed E-state index contributed by atoms with van der Waals surface area (Å²) in [5, 5.41) is 3.19. The van der Waals surface area contributed by atoms with Gasteiger partial charge >= 0.3 is 0 Å². The van der Waals surface area contributed by atoms with Crippen LogP contribution < -0.4 is 15.8 Å².